The second kappa shape index (κ2) is 29.8. The minimum Gasteiger partial charge on any atom is -0.481 e. The molecule has 0 saturated carbocycles. The lowest BCUT2D eigenvalue weighted by molar-refractivity contribution is -0.157. The third-order valence-corrected chi connectivity index (χ3v) is 10.8. The number of carboxylic acids is 2. The lowest BCUT2D eigenvalue weighted by Crippen LogP contribution is -2.59. The van der Waals surface area contributed by atoms with Crippen LogP contribution in [0.4, 0.5) is 0 Å². The van der Waals surface area contributed by atoms with E-state index in [0.717, 1.165) is 0 Å². The maximum atomic E-state index is 13.9. The van der Waals surface area contributed by atoms with Gasteiger partial charge in [-0.05, 0) is 68.3 Å². The molecule has 0 aromatic rings. The second-order valence-corrected chi connectivity index (χ2v) is 18.1. The Hall–Kier alpha value is -4.54. The van der Waals surface area contributed by atoms with Crippen molar-refractivity contribution in [3.63, 3.8) is 0 Å². The largest absolute Gasteiger partial charge is 0.481 e. The van der Waals surface area contributed by atoms with Crippen LogP contribution in [0, 0.1) is 23.7 Å². The fourth-order valence-electron chi connectivity index (χ4n) is 6.17. The fraction of sp³-hybridized carbons (Fsp3) is 0.780. The smallest absolute Gasteiger partial charge is 0.329 e. The van der Waals surface area contributed by atoms with Gasteiger partial charge in [0.05, 0.1) is 18.5 Å². The molecule has 0 radical (unpaired) electrons. The highest BCUT2D eigenvalue weighted by Crippen LogP contribution is 2.15. The Morgan fingerprint density at radius 1 is 0.651 bits per heavy atom. The molecule has 0 aliphatic carbocycles. The van der Waals surface area contributed by atoms with Gasteiger partial charge in [-0.1, -0.05) is 61.8 Å². The van der Waals surface area contributed by atoms with Gasteiger partial charge in [0.1, 0.15) is 36.3 Å². The zero-order valence-corrected chi connectivity index (χ0v) is 39.3. The van der Waals surface area contributed by atoms with Gasteiger partial charge in [-0.3, -0.25) is 38.4 Å². The maximum Gasteiger partial charge on any atom is 0.329 e. The average molecular weight is 918 g/mol. The number of primary amides is 1. The van der Waals surface area contributed by atoms with Gasteiger partial charge in [0.15, 0.2) is 0 Å². The minimum absolute atomic E-state index is 0.0130. The molecule has 0 bridgehead atoms. The van der Waals surface area contributed by atoms with Crippen LogP contribution in [0.1, 0.15) is 107 Å². The molecule has 10 atom stereocenters. The molecule has 0 fully saturated rings. The van der Waals surface area contributed by atoms with Crippen LogP contribution in [-0.4, -0.2) is 137 Å². The molecule has 0 aromatic heterocycles. The van der Waals surface area contributed by atoms with Crippen molar-refractivity contribution < 1.29 is 58.1 Å². The zero-order chi connectivity index (χ0) is 48.7. The number of carbonyl (C=O) groups excluding carboxylic acids is 7. The van der Waals surface area contributed by atoms with E-state index < -0.39 is 132 Å². The lowest BCUT2D eigenvalue weighted by Gasteiger charge is -2.31. The summed E-state index contributed by atoms with van der Waals surface area (Å²) in [5.74, 6) is -8.56. The Kier molecular flexibility index (Phi) is 27.6. The van der Waals surface area contributed by atoms with Crippen molar-refractivity contribution >= 4 is 65.1 Å². The molecule has 22 heteroatoms. The van der Waals surface area contributed by atoms with Crippen molar-refractivity contribution in [2.24, 2.45) is 40.9 Å². The number of ether oxygens (including phenoxy) is 1. The van der Waals surface area contributed by atoms with Gasteiger partial charge in [0, 0.05) is 19.0 Å². The summed E-state index contributed by atoms with van der Waals surface area (Å²) in [7, 11) is 0. The fourth-order valence-corrected chi connectivity index (χ4v) is 6.64. The quantitative estimate of drug-likeness (QED) is 0.0373. The SMILES string of the molecule is CC[C@H](C)[C@H](NC(=O)[C@@H](N)CCC(=O)O)C(=O)N[C@@H](CC(=O)O)C(=O)O[C@@H](CN[C@@H](CCSC)C(=O)N[C@H](C(=O)N[C@@H](CC(C)C)C(=O)N[C@@H](C)C(N)=O)C(C)C)[C@@H](N)CC(C)C. The van der Waals surface area contributed by atoms with Crippen molar-refractivity contribution in [2.45, 2.75) is 162 Å². The number of thioether (sulfide) groups is 1. The molecular formula is C41H75N9O12S. The Labute approximate surface area is 375 Å². The zero-order valence-electron chi connectivity index (χ0n) is 38.5. The Balaban J connectivity index is 6.45. The van der Waals surface area contributed by atoms with Crippen molar-refractivity contribution in [1.82, 2.24) is 31.9 Å². The van der Waals surface area contributed by atoms with Gasteiger partial charge in [0.2, 0.25) is 35.4 Å². The Morgan fingerprint density at radius 2 is 1.19 bits per heavy atom. The maximum absolute atomic E-state index is 13.9. The Morgan fingerprint density at radius 3 is 1.68 bits per heavy atom. The molecule has 0 unspecified atom stereocenters. The van der Waals surface area contributed by atoms with Gasteiger partial charge in [-0.15, -0.1) is 0 Å². The standard InChI is InChI=1S/C41H75N9O12S/c1-11-23(8)34(50-36(56)25(42)12-13-31(51)52)40(60)48-29(18-32(53)54)41(61)62-30(26(43)16-20(2)3)19-45-27(14-15-63-10)37(57)49-33(22(6)7)39(59)47-28(17-21(4)5)38(58)46-24(9)35(44)55/h20-30,33-34,45H,11-19,42-43H2,1-10H3,(H2,44,55)(H,46,58)(H,47,59)(H,48,60)(H,49,57)(H,50,56)(H,51,52)(H,53,54)/t23-,24-,25-,26-,27-,28-,29-,30-,33-,34-/m0/s1. The summed E-state index contributed by atoms with van der Waals surface area (Å²) in [4.78, 5) is 115. The van der Waals surface area contributed by atoms with Crippen molar-refractivity contribution in [1.29, 1.82) is 0 Å². The predicted molar refractivity (Wildman–Crippen MR) is 237 cm³/mol. The van der Waals surface area contributed by atoms with Gasteiger partial charge in [-0.2, -0.15) is 11.8 Å². The summed E-state index contributed by atoms with van der Waals surface area (Å²) >= 11 is 1.45. The van der Waals surface area contributed by atoms with E-state index >= 15 is 0 Å². The predicted octanol–water partition coefficient (Wildman–Crippen LogP) is -0.673. The molecule has 63 heavy (non-hydrogen) atoms. The molecule has 21 nitrogen and oxygen atoms in total. The van der Waals surface area contributed by atoms with E-state index in [1.54, 1.807) is 27.7 Å². The third-order valence-electron chi connectivity index (χ3n) is 10.1. The highest BCUT2D eigenvalue weighted by Gasteiger charge is 2.36. The number of carboxylic acid groups (broad SMARTS) is 2. The van der Waals surface area contributed by atoms with Gasteiger partial charge in [-0.25, -0.2) is 4.79 Å². The van der Waals surface area contributed by atoms with E-state index in [9.17, 15) is 48.3 Å². The number of nitrogens with one attached hydrogen (secondary N) is 6. The van der Waals surface area contributed by atoms with Gasteiger partial charge < -0.3 is 64.1 Å². The normalized spacial score (nSPS) is 16.2. The van der Waals surface area contributed by atoms with Crippen LogP contribution >= 0.6 is 11.8 Å². The second-order valence-electron chi connectivity index (χ2n) is 17.1. The van der Waals surface area contributed by atoms with E-state index in [4.69, 9.17) is 27.0 Å². The number of aliphatic carboxylic acids is 2. The number of rotatable bonds is 32. The number of carbonyl (C=O) groups is 9. The van der Waals surface area contributed by atoms with Crippen molar-refractivity contribution in [2.75, 3.05) is 18.6 Å². The number of hydrogen-bond acceptors (Lipinski definition) is 14. The summed E-state index contributed by atoms with van der Waals surface area (Å²) in [5, 5.41) is 34.7. The molecule has 0 aliphatic heterocycles. The monoisotopic (exact) mass is 918 g/mol. The van der Waals surface area contributed by atoms with Crippen LogP contribution < -0.4 is 49.1 Å². The number of amides is 6. The summed E-state index contributed by atoms with van der Waals surface area (Å²) in [6.07, 6.45) is 0.373. The summed E-state index contributed by atoms with van der Waals surface area (Å²) in [5.41, 5.74) is 17.7. The highest BCUT2D eigenvalue weighted by molar-refractivity contribution is 7.98. The summed E-state index contributed by atoms with van der Waals surface area (Å²) in [6, 6.07) is -9.20. The minimum atomic E-state index is -1.74. The Bertz CT molecular complexity index is 1540. The first kappa shape index (κ1) is 58.5. The van der Waals surface area contributed by atoms with E-state index in [1.807, 2.05) is 34.0 Å². The molecule has 0 spiro atoms. The van der Waals surface area contributed by atoms with E-state index in [1.165, 1.54) is 18.7 Å². The van der Waals surface area contributed by atoms with Crippen LogP contribution in [-0.2, 0) is 47.9 Å². The molecule has 0 saturated heterocycles. The summed E-state index contributed by atoms with van der Waals surface area (Å²) < 4.78 is 5.81. The molecule has 0 rings (SSSR count). The van der Waals surface area contributed by atoms with E-state index in [0.29, 0.717) is 18.6 Å². The van der Waals surface area contributed by atoms with Gasteiger partial charge >= 0.3 is 17.9 Å². The topological polar surface area (TPSA) is 354 Å². The van der Waals surface area contributed by atoms with Crippen molar-refractivity contribution in [3.05, 3.63) is 0 Å². The lowest BCUT2D eigenvalue weighted by atomic mass is 9.97. The molecule has 0 aliphatic rings. The molecule has 0 aromatic carbocycles. The number of hydrogen-bond donors (Lipinski definition) is 11. The first-order valence-corrected chi connectivity index (χ1v) is 22.8. The first-order chi connectivity index (χ1) is 29.2. The molecular weight excluding hydrogens is 843 g/mol. The number of esters is 1. The average Bonchev–Trinajstić information content (AvgIpc) is 3.18. The molecule has 14 N–H and O–H groups in total. The van der Waals surface area contributed by atoms with E-state index in [-0.39, 0.29) is 37.6 Å². The van der Waals surface area contributed by atoms with Crippen LogP contribution in [0.2, 0.25) is 0 Å². The molecule has 362 valence electrons. The van der Waals surface area contributed by atoms with Crippen LogP contribution in [0.15, 0.2) is 0 Å². The number of nitrogens with two attached hydrogens (primary N) is 3. The van der Waals surface area contributed by atoms with E-state index in [2.05, 4.69) is 31.9 Å². The van der Waals surface area contributed by atoms with Crippen LogP contribution in [0.3, 0.4) is 0 Å². The third kappa shape index (κ3) is 23.1. The first-order valence-electron chi connectivity index (χ1n) is 21.4. The summed E-state index contributed by atoms with van der Waals surface area (Å²) in [6.45, 7) is 15.5. The van der Waals surface area contributed by atoms with Gasteiger partial charge in [0.25, 0.3) is 0 Å². The molecule has 6 amide bonds. The highest BCUT2D eigenvalue weighted by atomic mass is 32.2. The van der Waals surface area contributed by atoms with Crippen molar-refractivity contribution in [3.8, 4) is 0 Å². The van der Waals surface area contributed by atoms with Crippen LogP contribution in [0.5, 0.6) is 0 Å². The molecule has 0 heterocycles. The van der Waals surface area contributed by atoms with Crippen LogP contribution in [0.25, 0.3) is 0 Å².